The molecule has 0 radical (unpaired) electrons. The maximum Gasteiger partial charge on any atom is 0.244 e. The van der Waals surface area contributed by atoms with Crippen LogP contribution in [0.5, 0.6) is 5.75 Å². The molecule has 1 aromatic carbocycles. The Labute approximate surface area is 121 Å². The van der Waals surface area contributed by atoms with E-state index in [2.05, 4.69) is 11.4 Å². The molecule has 1 heterocycles. The average molecular weight is 276 g/mol. The van der Waals surface area contributed by atoms with E-state index in [1.165, 1.54) is 0 Å². The summed E-state index contributed by atoms with van der Waals surface area (Å²) in [5.41, 5.74) is 1.73. The minimum atomic E-state index is -0.464. The number of nitrogens with one attached hydrogen (secondary N) is 1. The molecule has 0 bridgehead atoms. The zero-order chi connectivity index (χ0) is 14.9. The molecule has 0 saturated carbocycles. The molecular weight excluding hydrogens is 252 g/mol. The molecular formula is C16H24N2O2. The fourth-order valence-corrected chi connectivity index (χ4v) is 2.79. The summed E-state index contributed by atoms with van der Waals surface area (Å²) >= 11 is 0. The van der Waals surface area contributed by atoms with E-state index < -0.39 is 5.54 Å². The Morgan fingerprint density at radius 1 is 1.40 bits per heavy atom. The SMILES string of the molecule is CCN1C(=O)C(C)(CC)NC1c1ccc(OC)c(C)c1. The molecule has 1 aliphatic heterocycles. The van der Waals surface area contributed by atoms with E-state index in [0.717, 1.165) is 23.3 Å². The van der Waals surface area contributed by atoms with Gasteiger partial charge in [0.05, 0.1) is 12.6 Å². The maximum atomic E-state index is 12.5. The molecule has 0 aliphatic carbocycles. The van der Waals surface area contributed by atoms with Gasteiger partial charge in [0.15, 0.2) is 0 Å². The van der Waals surface area contributed by atoms with E-state index in [1.54, 1.807) is 7.11 Å². The monoisotopic (exact) mass is 276 g/mol. The Bertz CT molecular complexity index is 515. The van der Waals surface area contributed by atoms with E-state index in [0.29, 0.717) is 6.54 Å². The molecule has 1 amide bonds. The van der Waals surface area contributed by atoms with Crippen LogP contribution in [0.4, 0.5) is 0 Å². The second-order valence-corrected chi connectivity index (χ2v) is 5.55. The van der Waals surface area contributed by atoms with Crippen molar-refractivity contribution in [3.05, 3.63) is 29.3 Å². The number of rotatable bonds is 4. The lowest BCUT2D eigenvalue weighted by Crippen LogP contribution is -2.43. The summed E-state index contributed by atoms with van der Waals surface area (Å²) in [6.45, 7) is 8.77. The summed E-state index contributed by atoms with van der Waals surface area (Å²) in [7, 11) is 1.67. The van der Waals surface area contributed by atoms with Crippen molar-refractivity contribution in [1.29, 1.82) is 0 Å². The van der Waals surface area contributed by atoms with Gasteiger partial charge >= 0.3 is 0 Å². The second kappa shape index (κ2) is 5.44. The minimum absolute atomic E-state index is 0.0537. The molecule has 1 aromatic rings. The highest BCUT2D eigenvalue weighted by Gasteiger charge is 2.46. The maximum absolute atomic E-state index is 12.5. The first-order valence-electron chi connectivity index (χ1n) is 7.20. The number of methoxy groups -OCH3 is 1. The number of carbonyl (C=O) groups excluding carboxylic acids is 1. The molecule has 2 atom stereocenters. The summed E-state index contributed by atoms with van der Waals surface area (Å²) in [5.74, 6) is 1.06. The Balaban J connectivity index is 2.37. The summed E-state index contributed by atoms with van der Waals surface area (Å²) in [6, 6.07) is 6.08. The van der Waals surface area contributed by atoms with Gasteiger partial charge in [-0.25, -0.2) is 0 Å². The molecule has 2 rings (SSSR count). The van der Waals surface area contributed by atoms with Gasteiger partial charge in [-0.2, -0.15) is 0 Å². The fourth-order valence-electron chi connectivity index (χ4n) is 2.79. The summed E-state index contributed by atoms with van der Waals surface area (Å²) in [6.07, 6.45) is 0.732. The molecule has 1 saturated heterocycles. The van der Waals surface area contributed by atoms with E-state index in [-0.39, 0.29) is 12.1 Å². The highest BCUT2D eigenvalue weighted by atomic mass is 16.5. The van der Waals surface area contributed by atoms with Crippen molar-refractivity contribution in [1.82, 2.24) is 10.2 Å². The number of hydrogen-bond acceptors (Lipinski definition) is 3. The highest BCUT2D eigenvalue weighted by Crippen LogP contribution is 2.33. The molecule has 1 N–H and O–H groups in total. The van der Waals surface area contributed by atoms with Crippen LogP contribution in [-0.2, 0) is 4.79 Å². The predicted molar refractivity (Wildman–Crippen MR) is 79.7 cm³/mol. The number of benzene rings is 1. The van der Waals surface area contributed by atoms with Gasteiger partial charge in [0.2, 0.25) is 5.91 Å². The van der Waals surface area contributed by atoms with Gasteiger partial charge < -0.3 is 9.64 Å². The largest absolute Gasteiger partial charge is 0.496 e. The van der Waals surface area contributed by atoms with E-state index in [1.807, 2.05) is 44.7 Å². The predicted octanol–water partition coefficient (Wildman–Crippen LogP) is 2.62. The van der Waals surface area contributed by atoms with Crippen LogP contribution < -0.4 is 10.1 Å². The number of amides is 1. The molecule has 0 spiro atoms. The molecule has 4 heteroatoms. The first kappa shape index (κ1) is 14.9. The standard InChI is InChI=1S/C16H24N2O2/c1-6-16(4)15(19)18(7-2)14(17-16)12-8-9-13(20-5)11(3)10-12/h8-10,14,17H,6-7H2,1-5H3. The number of nitrogens with zero attached hydrogens (tertiary/aromatic N) is 1. The molecule has 2 unspecified atom stereocenters. The molecule has 20 heavy (non-hydrogen) atoms. The Morgan fingerprint density at radius 3 is 2.60 bits per heavy atom. The zero-order valence-corrected chi connectivity index (χ0v) is 13.0. The third-order valence-electron chi connectivity index (χ3n) is 4.28. The van der Waals surface area contributed by atoms with Crippen LogP contribution in [0.2, 0.25) is 0 Å². The van der Waals surface area contributed by atoms with Gasteiger partial charge in [-0.15, -0.1) is 0 Å². The van der Waals surface area contributed by atoms with Crippen molar-refractivity contribution < 1.29 is 9.53 Å². The molecule has 4 nitrogen and oxygen atoms in total. The van der Waals surface area contributed by atoms with Gasteiger partial charge in [0, 0.05) is 6.54 Å². The summed E-state index contributed by atoms with van der Waals surface area (Å²) in [5, 5.41) is 3.48. The lowest BCUT2D eigenvalue weighted by molar-refractivity contribution is -0.132. The van der Waals surface area contributed by atoms with E-state index >= 15 is 0 Å². The smallest absolute Gasteiger partial charge is 0.244 e. The highest BCUT2D eigenvalue weighted by molar-refractivity contribution is 5.88. The van der Waals surface area contributed by atoms with Crippen molar-refractivity contribution >= 4 is 5.91 Å². The number of hydrogen-bond donors (Lipinski definition) is 1. The molecule has 0 aromatic heterocycles. The third-order valence-corrected chi connectivity index (χ3v) is 4.28. The number of ether oxygens (including phenoxy) is 1. The Hall–Kier alpha value is -1.55. The van der Waals surface area contributed by atoms with Gasteiger partial charge in [-0.1, -0.05) is 13.0 Å². The number of aryl methyl sites for hydroxylation is 1. The normalized spacial score (nSPS) is 26.1. The third kappa shape index (κ3) is 2.29. The van der Waals surface area contributed by atoms with E-state index in [4.69, 9.17) is 4.74 Å². The lowest BCUT2D eigenvalue weighted by atomic mass is 9.99. The average Bonchev–Trinajstić information content (AvgIpc) is 2.71. The minimum Gasteiger partial charge on any atom is -0.496 e. The molecule has 1 fully saturated rings. The Morgan fingerprint density at radius 2 is 2.10 bits per heavy atom. The first-order valence-corrected chi connectivity index (χ1v) is 7.20. The van der Waals surface area contributed by atoms with Crippen LogP contribution >= 0.6 is 0 Å². The van der Waals surface area contributed by atoms with Crippen LogP contribution in [0.3, 0.4) is 0 Å². The quantitative estimate of drug-likeness (QED) is 0.919. The van der Waals surface area contributed by atoms with Crippen molar-refractivity contribution in [2.24, 2.45) is 0 Å². The van der Waals surface area contributed by atoms with Crippen LogP contribution in [-0.4, -0.2) is 30.0 Å². The van der Waals surface area contributed by atoms with Crippen molar-refractivity contribution in [3.8, 4) is 5.75 Å². The van der Waals surface area contributed by atoms with Crippen LogP contribution in [0.25, 0.3) is 0 Å². The van der Waals surface area contributed by atoms with Gasteiger partial charge in [0.1, 0.15) is 11.9 Å². The summed E-state index contributed by atoms with van der Waals surface area (Å²) < 4.78 is 5.30. The van der Waals surface area contributed by atoms with Crippen LogP contribution in [0.1, 0.15) is 44.5 Å². The summed E-state index contributed by atoms with van der Waals surface area (Å²) in [4.78, 5) is 14.4. The fraction of sp³-hybridized carbons (Fsp3) is 0.562. The van der Waals surface area contributed by atoms with Crippen molar-refractivity contribution in [2.45, 2.75) is 45.8 Å². The topological polar surface area (TPSA) is 41.6 Å². The van der Waals surface area contributed by atoms with E-state index in [9.17, 15) is 4.79 Å². The van der Waals surface area contributed by atoms with Crippen LogP contribution in [0.15, 0.2) is 18.2 Å². The van der Waals surface area contributed by atoms with Gasteiger partial charge in [-0.05, 0) is 50.5 Å². The van der Waals surface area contributed by atoms with Crippen LogP contribution in [0, 0.1) is 6.92 Å². The number of carbonyl (C=O) groups is 1. The molecule has 1 aliphatic rings. The van der Waals surface area contributed by atoms with Gasteiger partial charge in [0.25, 0.3) is 0 Å². The van der Waals surface area contributed by atoms with Gasteiger partial charge in [-0.3, -0.25) is 10.1 Å². The zero-order valence-electron chi connectivity index (χ0n) is 13.0. The lowest BCUT2D eigenvalue weighted by Gasteiger charge is -2.23. The molecule has 110 valence electrons. The number of likely N-dealkylation sites (N-methyl/N-ethyl adjacent to an activating group) is 1. The second-order valence-electron chi connectivity index (χ2n) is 5.55. The first-order chi connectivity index (χ1) is 9.46. The van der Waals surface area contributed by atoms with Crippen molar-refractivity contribution in [3.63, 3.8) is 0 Å². The Kier molecular flexibility index (Phi) is 4.04. The van der Waals surface area contributed by atoms with Crippen molar-refractivity contribution in [2.75, 3.05) is 13.7 Å².